The summed E-state index contributed by atoms with van der Waals surface area (Å²) in [4.78, 5) is 16.8. The predicted molar refractivity (Wildman–Crippen MR) is 103 cm³/mol. The number of carbonyl (C=O) groups is 1. The molecular formula is C21H24FN3O. The van der Waals surface area contributed by atoms with Crippen LogP contribution in [0, 0.1) is 5.82 Å². The molecule has 1 amide bonds. The zero-order valence-corrected chi connectivity index (χ0v) is 15.0. The number of nitrogens with zero attached hydrogens (tertiary/aromatic N) is 2. The van der Waals surface area contributed by atoms with Gasteiger partial charge in [-0.05, 0) is 36.9 Å². The molecule has 1 N–H and O–H groups in total. The van der Waals surface area contributed by atoms with Gasteiger partial charge in [0.25, 0.3) is 0 Å². The number of piperazine rings is 1. The second-order valence-electron chi connectivity index (χ2n) is 6.62. The smallest absolute Gasteiger partial charge is 0.248 e. The minimum Gasteiger partial charge on any atom is -0.323 e. The van der Waals surface area contributed by atoms with Crippen molar-refractivity contribution in [1.82, 2.24) is 9.80 Å². The summed E-state index contributed by atoms with van der Waals surface area (Å²) in [5.41, 5.74) is 2.32. The van der Waals surface area contributed by atoms with Crippen molar-refractivity contribution in [3.05, 3.63) is 71.6 Å². The zero-order chi connectivity index (χ0) is 18.4. The van der Waals surface area contributed by atoms with Gasteiger partial charge in [-0.15, -0.1) is 0 Å². The van der Waals surface area contributed by atoms with Crippen molar-refractivity contribution in [1.29, 1.82) is 0 Å². The van der Waals surface area contributed by atoms with Crippen molar-refractivity contribution in [3.63, 3.8) is 0 Å². The van der Waals surface area contributed by atoms with Gasteiger partial charge in [-0.1, -0.05) is 30.3 Å². The van der Waals surface area contributed by atoms with Crippen LogP contribution in [0.4, 0.5) is 10.1 Å². The highest BCUT2D eigenvalue weighted by atomic mass is 19.1. The number of amides is 1. The number of likely N-dealkylation sites (N-methyl/N-ethyl adjacent to an activating group) is 1. The van der Waals surface area contributed by atoms with Crippen LogP contribution < -0.4 is 5.32 Å². The van der Waals surface area contributed by atoms with E-state index in [0.717, 1.165) is 38.4 Å². The summed E-state index contributed by atoms with van der Waals surface area (Å²) in [6.07, 6.45) is 2.84. The molecule has 26 heavy (non-hydrogen) atoms. The van der Waals surface area contributed by atoms with E-state index in [-0.39, 0.29) is 11.7 Å². The molecule has 0 bridgehead atoms. The molecular weight excluding hydrogens is 329 g/mol. The van der Waals surface area contributed by atoms with Crippen LogP contribution in [0.5, 0.6) is 0 Å². The summed E-state index contributed by atoms with van der Waals surface area (Å²) in [5.74, 6) is -0.615. The molecule has 1 aliphatic rings. The van der Waals surface area contributed by atoms with E-state index in [1.165, 1.54) is 23.8 Å². The van der Waals surface area contributed by atoms with Crippen LogP contribution in [-0.4, -0.2) is 48.9 Å². The summed E-state index contributed by atoms with van der Waals surface area (Å²) >= 11 is 0. The molecule has 0 atom stereocenters. The number of carbonyl (C=O) groups excluding carboxylic acids is 1. The van der Waals surface area contributed by atoms with Crippen LogP contribution in [0.3, 0.4) is 0 Å². The average molecular weight is 353 g/mol. The monoisotopic (exact) mass is 353 g/mol. The number of rotatable bonds is 5. The third kappa shape index (κ3) is 5.25. The van der Waals surface area contributed by atoms with E-state index in [9.17, 15) is 9.18 Å². The lowest BCUT2D eigenvalue weighted by molar-refractivity contribution is -0.111. The van der Waals surface area contributed by atoms with E-state index < -0.39 is 0 Å². The van der Waals surface area contributed by atoms with Gasteiger partial charge in [-0.25, -0.2) is 4.39 Å². The molecule has 0 spiro atoms. The summed E-state index contributed by atoms with van der Waals surface area (Å²) in [6.45, 7) is 5.15. The minimum absolute atomic E-state index is 0.273. The van der Waals surface area contributed by atoms with Crippen LogP contribution in [0.2, 0.25) is 0 Å². The Morgan fingerprint density at radius 3 is 2.65 bits per heavy atom. The second kappa shape index (κ2) is 8.74. The van der Waals surface area contributed by atoms with Gasteiger partial charge in [0, 0.05) is 50.1 Å². The van der Waals surface area contributed by atoms with E-state index in [4.69, 9.17) is 0 Å². The fourth-order valence-electron chi connectivity index (χ4n) is 2.97. The first-order chi connectivity index (χ1) is 12.6. The maximum absolute atomic E-state index is 13.6. The molecule has 0 aliphatic carbocycles. The van der Waals surface area contributed by atoms with Gasteiger partial charge in [0.15, 0.2) is 0 Å². The molecule has 1 fully saturated rings. The summed E-state index contributed by atoms with van der Waals surface area (Å²) in [6, 6.07) is 14.2. The van der Waals surface area contributed by atoms with Gasteiger partial charge in [0.2, 0.25) is 5.91 Å². The second-order valence-corrected chi connectivity index (χ2v) is 6.62. The van der Waals surface area contributed by atoms with E-state index in [1.807, 2.05) is 18.2 Å². The van der Waals surface area contributed by atoms with Crippen LogP contribution in [0.1, 0.15) is 11.1 Å². The topological polar surface area (TPSA) is 35.6 Å². The molecule has 2 aromatic rings. The van der Waals surface area contributed by atoms with Crippen molar-refractivity contribution in [2.24, 2.45) is 0 Å². The summed E-state index contributed by atoms with van der Waals surface area (Å²) in [7, 11) is 2.14. The molecule has 136 valence electrons. The Bertz CT molecular complexity index is 782. The lowest BCUT2D eigenvalue weighted by Gasteiger charge is -2.32. The first-order valence-corrected chi connectivity index (χ1v) is 8.83. The van der Waals surface area contributed by atoms with Crippen molar-refractivity contribution < 1.29 is 9.18 Å². The largest absolute Gasteiger partial charge is 0.323 e. The van der Waals surface area contributed by atoms with Gasteiger partial charge in [-0.2, -0.15) is 0 Å². The van der Waals surface area contributed by atoms with Crippen molar-refractivity contribution in [2.75, 3.05) is 38.5 Å². The maximum atomic E-state index is 13.6. The molecule has 0 saturated carbocycles. The van der Waals surface area contributed by atoms with E-state index in [2.05, 4.69) is 28.2 Å². The Balaban J connectivity index is 1.58. The highest BCUT2D eigenvalue weighted by Crippen LogP contribution is 2.14. The molecule has 0 aromatic heterocycles. The van der Waals surface area contributed by atoms with Gasteiger partial charge < -0.3 is 10.2 Å². The van der Waals surface area contributed by atoms with Crippen molar-refractivity contribution >= 4 is 17.7 Å². The Hall–Kier alpha value is -2.50. The van der Waals surface area contributed by atoms with Crippen molar-refractivity contribution in [2.45, 2.75) is 6.54 Å². The highest BCUT2D eigenvalue weighted by molar-refractivity contribution is 6.01. The number of nitrogens with one attached hydrogen (secondary N) is 1. The first-order valence-electron chi connectivity index (χ1n) is 8.83. The molecule has 1 saturated heterocycles. The fourth-order valence-corrected chi connectivity index (χ4v) is 2.97. The number of benzene rings is 2. The molecule has 0 radical (unpaired) electrons. The standard InChI is InChI=1S/C21H24FN3O/c1-24-11-13-25(14-12-24)16-17-5-4-7-19(15-17)23-21(26)10-9-18-6-2-3-8-20(18)22/h2-10,15H,11-14,16H2,1H3,(H,23,26)/b10-9+. The molecule has 0 unspecified atom stereocenters. The number of halogens is 1. The molecule has 5 heteroatoms. The normalized spacial score (nSPS) is 16.1. The van der Waals surface area contributed by atoms with Gasteiger partial charge in [0.05, 0.1) is 0 Å². The number of hydrogen-bond acceptors (Lipinski definition) is 3. The van der Waals surface area contributed by atoms with E-state index in [1.54, 1.807) is 18.2 Å². The SMILES string of the molecule is CN1CCN(Cc2cccc(NC(=O)/C=C/c3ccccc3F)c2)CC1. The quantitative estimate of drug-likeness (QED) is 0.839. The molecule has 1 aliphatic heterocycles. The Labute approximate surface area is 153 Å². The third-order valence-electron chi connectivity index (χ3n) is 4.52. The fraction of sp³-hybridized carbons (Fsp3) is 0.286. The van der Waals surface area contributed by atoms with E-state index >= 15 is 0 Å². The third-order valence-corrected chi connectivity index (χ3v) is 4.52. The summed E-state index contributed by atoms with van der Waals surface area (Å²) < 4.78 is 13.6. The molecule has 3 rings (SSSR count). The van der Waals surface area contributed by atoms with Gasteiger partial charge in [-0.3, -0.25) is 9.69 Å². The molecule has 2 aromatic carbocycles. The number of anilines is 1. The van der Waals surface area contributed by atoms with Crippen LogP contribution in [-0.2, 0) is 11.3 Å². The summed E-state index contributed by atoms with van der Waals surface area (Å²) in [5, 5.41) is 2.84. The molecule has 1 heterocycles. The Morgan fingerprint density at radius 1 is 1.12 bits per heavy atom. The zero-order valence-electron chi connectivity index (χ0n) is 15.0. The van der Waals surface area contributed by atoms with E-state index in [0.29, 0.717) is 5.56 Å². The highest BCUT2D eigenvalue weighted by Gasteiger charge is 2.13. The average Bonchev–Trinajstić information content (AvgIpc) is 2.63. The van der Waals surface area contributed by atoms with Crippen LogP contribution >= 0.6 is 0 Å². The Kier molecular flexibility index (Phi) is 6.15. The lowest BCUT2D eigenvalue weighted by atomic mass is 10.1. The predicted octanol–water partition coefficient (Wildman–Crippen LogP) is 3.23. The minimum atomic E-state index is -0.342. The maximum Gasteiger partial charge on any atom is 0.248 e. The Morgan fingerprint density at radius 2 is 1.88 bits per heavy atom. The first kappa shape index (κ1) is 18.3. The van der Waals surface area contributed by atoms with Crippen LogP contribution in [0.25, 0.3) is 6.08 Å². The van der Waals surface area contributed by atoms with Gasteiger partial charge in [0.1, 0.15) is 5.82 Å². The van der Waals surface area contributed by atoms with Crippen LogP contribution in [0.15, 0.2) is 54.6 Å². The lowest BCUT2D eigenvalue weighted by Crippen LogP contribution is -2.43. The molecule has 4 nitrogen and oxygen atoms in total. The van der Waals surface area contributed by atoms with Crippen molar-refractivity contribution in [3.8, 4) is 0 Å². The van der Waals surface area contributed by atoms with Gasteiger partial charge >= 0.3 is 0 Å². The number of hydrogen-bond donors (Lipinski definition) is 1.